The molecule has 0 saturated carbocycles. The maximum Gasteiger partial charge on any atom is 0.335 e. The highest BCUT2D eigenvalue weighted by molar-refractivity contribution is 5.95. The zero-order chi connectivity index (χ0) is 23.7. The van der Waals surface area contributed by atoms with E-state index in [1.807, 2.05) is 18.3 Å². The van der Waals surface area contributed by atoms with Gasteiger partial charge in [0.25, 0.3) is 0 Å². The number of rotatable bonds is 8. The van der Waals surface area contributed by atoms with Crippen LogP contribution in [0.25, 0.3) is 21.8 Å². The molecular weight excluding hydrogens is 430 g/mol. The van der Waals surface area contributed by atoms with Gasteiger partial charge in [0.2, 0.25) is 0 Å². The fourth-order valence-electron chi connectivity index (χ4n) is 5.14. The number of aromatic carboxylic acids is 2. The molecule has 0 radical (unpaired) electrons. The maximum atomic E-state index is 11.3. The third kappa shape index (κ3) is 4.56. The molecule has 1 fully saturated rings. The van der Waals surface area contributed by atoms with Crippen LogP contribution in [0.15, 0.2) is 48.7 Å². The lowest BCUT2D eigenvalue weighted by Crippen LogP contribution is -2.33. The lowest BCUT2D eigenvalue weighted by atomic mass is 9.93. The van der Waals surface area contributed by atoms with Crippen molar-refractivity contribution in [1.82, 2.24) is 14.9 Å². The molecule has 2 aromatic carbocycles. The van der Waals surface area contributed by atoms with Crippen molar-refractivity contribution in [3.63, 3.8) is 0 Å². The Morgan fingerprint density at radius 2 is 1.62 bits per heavy atom. The summed E-state index contributed by atoms with van der Waals surface area (Å²) in [6.07, 6.45) is 7.31. The monoisotopic (exact) mass is 459 g/mol. The molecule has 1 saturated heterocycles. The van der Waals surface area contributed by atoms with Crippen molar-refractivity contribution in [3.8, 4) is 0 Å². The molecule has 0 bridgehead atoms. The van der Waals surface area contributed by atoms with Crippen LogP contribution in [-0.4, -0.2) is 56.7 Å². The summed E-state index contributed by atoms with van der Waals surface area (Å²) in [6.45, 7) is 3.20. The molecule has 0 atom stereocenters. The van der Waals surface area contributed by atoms with E-state index in [1.54, 1.807) is 24.3 Å². The number of fused-ring (bicyclic) bond motifs is 2. The molecule has 7 nitrogen and oxygen atoms in total. The summed E-state index contributed by atoms with van der Waals surface area (Å²) in [5.74, 6) is -1.31. The lowest BCUT2D eigenvalue weighted by molar-refractivity contribution is 0.0686. The second-order valence-corrected chi connectivity index (χ2v) is 9.28. The van der Waals surface area contributed by atoms with Crippen LogP contribution < -0.4 is 0 Å². The third-order valence-electron chi connectivity index (χ3n) is 7.10. The molecule has 0 amide bonds. The first kappa shape index (κ1) is 22.2. The minimum atomic E-state index is -0.896. The Morgan fingerprint density at radius 3 is 2.35 bits per heavy atom. The topological polar surface area (TPSA) is 109 Å². The fourth-order valence-corrected chi connectivity index (χ4v) is 5.14. The van der Waals surface area contributed by atoms with Gasteiger partial charge >= 0.3 is 11.9 Å². The number of hydrogen-bond acceptors (Lipinski definition) is 3. The third-order valence-corrected chi connectivity index (χ3v) is 7.10. The van der Waals surface area contributed by atoms with Crippen molar-refractivity contribution in [2.24, 2.45) is 0 Å². The number of carboxylic acid groups (broad SMARTS) is 2. The Morgan fingerprint density at radius 1 is 0.912 bits per heavy atom. The number of H-pyrrole nitrogens is 2. The maximum absolute atomic E-state index is 11.3. The van der Waals surface area contributed by atoms with E-state index < -0.39 is 11.9 Å². The molecule has 176 valence electrons. The predicted molar refractivity (Wildman–Crippen MR) is 132 cm³/mol. The normalized spacial score (nSPS) is 15.3. The van der Waals surface area contributed by atoms with Gasteiger partial charge in [0.05, 0.1) is 11.1 Å². The highest BCUT2D eigenvalue weighted by Gasteiger charge is 2.22. The standard InChI is InChI=1S/C27H29N3O4/c31-26(32)18-4-6-23-21(13-18)15-25(29-23)17-8-11-30(12-9-17)10-2-1-3-20-16-28-24-7-5-19(27(33)34)14-22(20)24/h4-7,13-17,28-29H,1-3,8-12H2,(H,31,32)(H,33,34). The van der Waals surface area contributed by atoms with Gasteiger partial charge in [-0.1, -0.05) is 0 Å². The van der Waals surface area contributed by atoms with E-state index in [0.29, 0.717) is 17.0 Å². The summed E-state index contributed by atoms with van der Waals surface area (Å²) >= 11 is 0. The van der Waals surface area contributed by atoms with Crippen LogP contribution in [0.1, 0.15) is 63.6 Å². The van der Waals surface area contributed by atoms with E-state index in [1.165, 1.54) is 11.3 Å². The van der Waals surface area contributed by atoms with Crippen molar-refractivity contribution < 1.29 is 19.8 Å². The van der Waals surface area contributed by atoms with Crippen LogP contribution in [0.2, 0.25) is 0 Å². The number of nitrogens with zero attached hydrogens (tertiary/aromatic N) is 1. The number of carboxylic acids is 2. The molecule has 7 heteroatoms. The predicted octanol–water partition coefficient (Wildman–Crippen LogP) is 5.25. The number of benzene rings is 2. The van der Waals surface area contributed by atoms with Gasteiger partial charge in [0, 0.05) is 39.6 Å². The van der Waals surface area contributed by atoms with Crippen LogP contribution in [0.5, 0.6) is 0 Å². The van der Waals surface area contributed by atoms with Gasteiger partial charge in [-0.2, -0.15) is 0 Å². The number of carbonyl (C=O) groups is 2. The van der Waals surface area contributed by atoms with Gasteiger partial charge < -0.3 is 25.1 Å². The first-order chi connectivity index (χ1) is 16.5. The molecule has 4 aromatic rings. The van der Waals surface area contributed by atoms with Crippen molar-refractivity contribution >= 4 is 33.7 Å². The largest absolute Gasteiger partial charge is 0.478 e. The number of nitrogens with one attached hydrogen (secondary N) is 2. The number of likely N-dealkylation sites (tertiary alicyclic amines) is 1. The number of unbranched alkanes of at least 4 members (excludes halogenated alkanes) is 1. The number of aromatic amines is 2. The highest BCUT2D eigenvalue weighted by Crippen LogP contribution is 2.30. The SMILES string of the molecule is O=C(O)c1ccc2[nH]c(C3CCN(CCCCc4c[nH]c5ccc(C(=O)O)cc45)CC3)cc2c1. The molecule has 2 aromatic heterocycles. The average Bonchev–Trinajstić information content (AvgIpc) is 3.45. The molecule has 1 aliphatic heterocycles. The van der Waals surface area contributed by atoms with Crippen LogP contribution in [-0.2, 0) is 6.42 Å². The van der Waals surface area contributed by atoms with E-state index in [9.17, 15) is 19.8 Å². The number of aryl methyl sites for hydroxylation is 1. The first-order valence-corrected chi connectivity index (χ1v) is 11.9. The number of piperidine rings is 1. The van der Waals surface area contributed by atoms with E-state index in [-0.39, 0.29) is 0 Å². The molecule has 34 heavy (non-hydrogen) atoms. The summed E-state index contributed by atoms with van der Waals surface area (Å²) in [5, 5.41) is 20.4. The Hall–Kier alpha value is -3.58. The summed E-state index contributed by atoms with van der Waals surface area (Å²) in [4.78, 5) is 31.8. The van der Waals surface area contributed by atoms with Gasteiger partial charge in [0.15, 0.2) is 0 Å². The van der Waals surface area contributed by atoms with Gasteiger partial charge in [-0.25, -0.2) is 9.59 Å². The Bertz CT molecular complexity index is 1340. The molecule has 0 spiro atoms. The summed E-state index contributed by atoms with van der Waals surface area (Å²) < 4.78 is 0. The van der Waals surface area contributed by atoms with Crippen molar-refractivity contribution in [2.45, 2.75) is 38.0 Å². The van der Waals surface area contributed by atoms with Crippen LogP contribution in [0.4, 0.5) is 0 Å². The first-order valence-electron chi connectivity index (χ1n) is 11.9. The van der Waals surface area contributed by atoms with E-state index in [0.717, 1.165) is 73.5 Å². The highest BCUT2D eigenvalue weighted by atomic mass is 16.4. The van der Waals surface area contributed by atoms with Gasteiger partial charge in [-0.15, -0.1) is 0 Å². The van der Waals surface area contributed by atoms with Crippen LogP contribution in [0, 0.1) is 0 Å². The van der Waals surface area contributed by atoms with E-state index in [4.69, 9.17) is 0 Å². The lowest BCUT2D eigenvalue weighted by Gasteiger charge is -2.31. The van der Waals surface area contributed by atoms with Crippen molar-refractivity contribution in [3.05, 3.63) is 71.0 Å². The minimum Gasteiger partial charge on any atom is -0.478 e. The van der Waals surface area contributed by atoms with Gasteiger partial charge in [-0.05, 0) is 99.8 Å². The number of aromatic nitrogens is 2. The molecule has 3 heterocycles. The Kier molecular flexibility index (Phi) is 6.11. The fraction of sp³-hybridized carbons (Fsp3) is 0.333. The summed E-state index contributed by atoms with van der Waals surface area (Å²) in [7, 11) is 0. The van der Waals surface area contributed by atoms with E-state index >= 15 is 0 Å². The minimum absolute atomic E-state index is 0.322. The Balaban J connectivity index is 1.11. The molecule has 4 N–H and O–H groups in total. The second-order valence-electron chi connectivity index (χ2n) is 9.28. The summed E-state index contributed by atoms with van der Waals surface area (Å²) in [6, 6.07) is 12.6. The second kappa shape index (κ2) is 9.35. The molecule has 1 aliphatic rings. The average molecular weight is 460 g/mol. The zero-order valence-electron chi connectivity index (χ0n) is 19.0. The Labute approximate surface area is 197 Å². The quantitative estimate of drug-likeness (QED) is 0.269. The van der Waals surface area contributed by atoms with Gasteiger partial charge in [-0.3, -0.25) is 0 Å². The van der Waals surface area contributed by atoms with Gasteiger partial charge in [0.1, 0.15) is 0 Å². The van der Waals surface area contributed by atoms with Crippen LogP contribution in [0.3, 0.4) is 0 Å². The molecule has 5 rings (SSSR count). The molecule has 0 unspecified atom stereocenters. The van der Waals surface area contributed by atoms with E-state index in [2.05, 4.69) is 20.9 Å². The van der Waals surface area contributed by atoms with Crippen LogP contribution >= 0.6 is 0 Å². The summed E-state index contributed by atoms with van der Waals surface area (Å²) in [5.41, 5.74) is 5.02. The number of hydrogen-bond donors (Lipinski definition) is 4. The van der Waals surface area contributed by atoms with Crippen molar-refractivity contribution in [2.75, 3.05) is 19.6 Å². The van der Waals surface area contributed by atoms with Crippen molar-refractivity contribution in [1.29, 1.82) is 0 Å². The smallest absolute Gasteiger partial charge is 0.335 e. The zero-order valence-corrected chi connectivity index (χ0v) is 19.0. The molecule has 0 aliphatic carbocycles. The molecular formula is C27H29N3O4.